The van der Waals surface area contributed by atoms with Crippen molar-refractivity contribution in [2.75, 3.05) is 51.3 Å². The molecule has 6 heteroatoms. The number of hydrogen-bond acceptors (Lipinski definition) is 6. The van der Waals surface area contributed by atoms with Gasteiger partial charge in [0.25, 0.3) is 0 Å². The van der Waals surface area contributed by atoms with Crippen LogP contribution in [0.2, 0.25) is 0 Å². The maximum absolute atomic E-state index is 11.5. The van der Waals surface area contributed by atoms with Gasteiger partial charge in [-0.3, -0.25) is 4.90 Å². The summed E-state index contributed by atoms with van der Waals surface area (Å²) in [5, 5.41) is 0.810. The Hall–Kier alpha value is -2.99. The number of piperazine rings is 1. The molecule has 1 saturated heterocycles. The van der Waals surface area contributed by atoms with E-state index in [-0.39, 0.29) is 5.63 Å². The summed E-state index contributed by atoms with van der Waals surface area (Å²) in [6.45, 7) is 5.77. The third-order valence-electron chi connectivity index (χ3n) is 5.28. The van der Waals surface area contributed by atoms with Gasteiger partial charge in [-0.2, -0.15) is 0 Å². The van der Waals surface area contributed by atoms with Crippen molar-refractivity contribution in [1.82, 2.24) is 4.90 Å². The molecular weight excluding hydrogens is 368 g/mol. The van der Waals surface area contributed by atoms with Crippen LogP contribution in [0.5, 0.6) is 11.5 Å². The largest absolute Gasteiger partial charge is 0.493 e. The molecule has 2 aromatic carbocycles. The van der Waals surface area contributed by atoms with Gasteiger partial charge in [-0.1, -0.05) is 18.2 Å². The Morgan fingerprint density at radius 2 is 1.76 bits per heavy atom. The highest BCUT2D eigenvalue weighted by Gasteiger charge is 2.16. The van der Waals surface area contributed by atoms with Crippen LogP contribution in [0.3, 0.4) is 0 Å². The van der Waals surface area contributed by atoms with Gasteiger partial charge in [-0.05, 0) is 30.7 Å². The average molecular weight is 394 g/mol. The van der Waals surface area contributed by atoms with E-state index in [4.69, 9.17) is 13.9 Å². The molecule has 1 aliphatic heterocycles. The number of ether oxygens (including phenoxy) is 2. The first kappa shape index (κ1) is 19.3. The third kappa shape index (κ3) is 4.71. The van der Waals surface area contributed by atoms with Crippen LogP contribution >= 0.6 is 0 Å². The molecule has 0 radical (unpaired) electrons. The summed E-state index contributed by atoms with van der Waals surface area (Å²) in [5.74, 6) is 1.24. The zero-order chi connectivity index (χ0) is 20.1. The Morgan fingerprint density at radius 1 is 0.966 bits per heavy atom. The van der Waals surface area contributed by atoms with E-state index >= 15 is 0 Å². The Bertz CT molecular complexity index is 995. The predicted octanol–water partition coefficient (Wildman–Crippen LogP) is 3.39. The van der Waals surface area contributed by atoms with Crippen molar-refractivity contribution in [3.63, 3.8) is 0 Å². The molecule has 1 aromatic heterocycles. The van der Waals surface area contributed by atoms with Crippen LogP contribution in [0, 0.1) is 0 Å². The minimum atomic E-state index is -0.372. The maximum Gasteiger partial charge on any atom is 0.336 e. The lowest BCUT2D eigenvalue weighted by Gasteiger charge is -2.36. The second kappa shape index (κ2) is 9.01. The van der Waals surface area contributed by atoms with Gasteiger partial charge in [0.05, 0.1) is 13.7 Å². The van der Waals surface area contributed by atoms with Crippen molar-refractivity contribution in [2.24, 2.45) is 0 Å². The highest BCUT2D eigenvalue weighted by atomic mass is 16.5. The number of para-hydroxylation sites is 1. The lowest BCUT2D eigenvalue weighted by atomic mass is 10.2. The molecule has 1 fully saturated rings. The van der Waals surface area contributed by atoms with Crippen LogP contribution in [-0.4, -0.2) is 51.3 Å². The first-order valence-corrected chi connectivity index (χ1v) is 10.00. The molecule has 0 unspecified atom stereocenters. The van der Waals surface area contributed by atoms with Crippen molar-refractivity contribution in [2.45, 2.75) is 6.42 Å². The number of methoxy groups -OCH3 is 1. The normalized spacial score (nSPS) is 14.9. The van der Waals surface area contributed by atoms with Gasteiger partial charge >= 0.3 is 5.63 Å². The van der Waals surface area contributed by atoms with Crippen LogP contribution in [-0.2, 0) is 0 Å². The lowest BCUT2D eigenvalue weighted by Crippen LogP contribution is -2.46. The van der Waals surface area contributed by atoms with Crippen molar-refractivity contribution in [3.05, 3.63) is 65.0 Å². The summed E-state index contributed by atoms with van der Waals surface area (Å²) in [6, 6.07) is 17.3. The van der Waals surface area contributed by atoms with Crippen molar-refractivity contribution < 1.29 is 13.9 Å². The molecule has 29 heavy (non-hydrogen) atoms. The fraction of sp³-hybridized carbons (Fsp3) is 0.348. The molecule has 152 valence electrons. The Labute approximate surface area is 170 Å². The molecule has 6 nitrogen and oxygen atoms in total. The molecule has 0 spiro atoms. The summed E-state index contributed by atoms with van der Waals surface area (Å²) in [6.07, 6.45) is 0.922. The Kier molecular flexibility index (Phi) is 6.00. The summed E-state index contributed by atoms with van der Waals surface area (Å²) >= 11 is 0. The highest BCUT2D eigenvalue weighted by molar-refractivity contribution is 5.80. The molecule has 4 rings (SSSR count). The molecule has 0 aliphatic carbocycles. The molecule has 2 heterocycles. The van der Waals surface area contributed by atoms with E-state index < -0.39 is 0 Å². The molecule has 0 atom stereocenters. The number of nitrogens with zero attached hydrogens (tertiary/aromatic N) is 2. The first-order valence-electron chi connectivity index (χ1n) is 10.00. The van der Waals surface area contributed by atoms with Crippen LogP contribution < -0.4 is 20.0 Å². The summed E-state index contributed by atoms with van der Waals surface area (Å²) in [7, 11) is 1.61. The molecule has 0 bridgehead atoms. The van der Waals surface area contributed by atoms with Gasteiger partial charge in [0.2, 0.25) is 0 Å². The minimum absolute atomic E-state index is 0.372. The fourth-order valence-electron chi connectivity index (χ4n) is 3.69. The van der Waals surface area contributed by atoms with Crippen LogP contribution in [0.25, 0.3) is 11.0 Å². The van der Waals surface area contributed by atoms with Gasteiger partial charge in [0.1, 0.15) is 5.58 Å². The summed E-state index contributed by atoms with van der Waals surface area (Å²) in [4.78, 5) is 16.4. The van der Waals surface area contributed by atoms with E-state index in [0.717, 1.165) is 44.5 Å². The van der Waals surface area contributed by atoms with E-state index in [1.165, 1.54) is 11.8 Å². The second-order valence-corrected chi connectivity index (χ2v) is 7.16. The first-order chi connectivity index (χ1) is 14.2. The lowest BCUT2D eigenvalue weighted by molar-refractivity contribution is 0.221. The van der Waals surface area contributed by atoms with Crippen LogP contribution in [0.1, 0.15) is 6.42 Å². The molecule has 3 aromatic rings. The summed E-state index contributed by atoms with van der Waals surface area (Å²) in [5.41, 5.74) is 1.43. The van der Waals surface area contributed by atoms with Crippen molar-refractivity contribution in [1.29, 1.82) is 0 Å². The average Bonchev–Trinajstić information content (AvgIpc) is 2.77. The third-order valence-corrected chi connectivity index (χ3v) is 5.28. The van der Waals surface area contributed by atoms with Crippen LogP contribution in [0.4, 0.5) is 5.69 Å². The minimum Gasteiger partial charge on any atom is -0.493 e. The zero-order valence-corrected chi connectivity index (χ0v) is 16.7. The SMILES string of the molecule is COc1cc2ccc(=O)oc2cc1OCCCN1CCN(c2ccccc2)CC1. The van der Waals surface area contributed by atoms with Crippen molar-refractivity contribution in [3.8, 4) is 11.5 Å². The molecular formula is C23H26N2O4. The standard InChI is InChI=1S/C23H26N2O4/c1-27-21-16-18-8-9-23(26)29-20(18)17-22(21)28-15-5-10-24-11-13-25(14-12-24)19-6-3-2-4-7-19/h2-4,6-9,16-17H,5,10-15H2,1H3. The summed E-state index contributed by atoms with van der Waals surface area (Å²) < 4.78 is 16.6. The predicted molar refractivity (Wildman–Crippen MR) is 114 cm³/mol. The monoisotopic (exact) mass is 394 g/mol. The Morgan fingerprint density at radius 3 is 2.52 bits per heavy atom. The topological polar surface area (TPSA) is 55.2 Å². The van der Waals surface area contributed by atoms with Gasteiger partial charge in [-0.15, -0.1) is 0 Å². The van der Waals surface area contributed by atoms with Crippen LogP contribution in [0.15, 0.2) is 63.8 Å². The van der Waals surface area contributed by atoms with Gasteiger partial charge < -0.3 is 18.8 Å². The maximum atomic E-state index is 11.5. The molecule has 0 saturated carbocycles. The quantitative estimate of drug-likeness (QED) is 0.452. The van der Waals surface area contributed by atoms with Gasteiger partial charge in [0, 0.05) is 55.9 Å². The number of hydrogen-bond donors (Lipinski definition) is 0. The fourth-order valence-corrected chi connectivity index (χ4v) is 3.69. The van der Waals surface area contributed by atoms with Gasteiger partial charge in [-0.25, -0.2) is 4.79 Å². The molecule has 0 amide bonds. The number of fused-ring (bicyclic) bond motifs is 1. The van der Waals surface area contributed by atoms with Gasteiger partial charge in [0.15, 0.2) is 11.5 Å². The molecule has 0 N–H and O–H groups in total. The molecule has 1 aliphatic rings. The van der Waals surface area contributed by atoms with Crippen molar-refractivity contribution >= 4 is 16.7 Å². The number of anilines is 1. The van der Waals surface area contributed by atoms with E-state index in [0.29, 0.717) is 23.7 Å². The highest BCUT2D eigenvalue weighted by Crippen LogP contribution is 2.32. The smallest absolute Gasteiger partial charge is 0.336 e. The van der Waals surface area contributed by atoms with E-state index in [9.17, 15) is 4.79 Å². The second-order valence-electron chi connectivity index (χ2n) is 7.16. The number of rotatable bonds is 7. The zero-order valence-electron chi connectivity index (χ0n) is 16.7. The Balaban J connectivity index is 1.27. The van der Waals surface area contributed by atoms with E-state index in [1.54, 1.807) is 19.2 Å². The van der Waals surface area contributed by atoms with E-state index in [2.05, 4.69) is 40.1 Å². The van der Waals surface area contributed by atoms with E-state index in [1.807, 2.05) is 6.07 Å². The number of benzene rings is 2.